The van der Waals surface area contributed by atoms with Crippen LogP contribution in [0.15, 0.2) is 27.9 Å². The lowest BCUT2D eigenvalue weighted by Gasteiger charge is -2.47. The average Bonchev–Trinajstić information content (AvgIpc) is 3.18. The van der Waals surface area contributed by atoms with Crippen LogP contribution >= 0.6 is 12.8 Å². The number of urea groups is 1. The van der Waals surface area contributed by atoms with Crippen molar-refractivity contribution in [3.05, 3.63) is 28.8 Å². The van der Waals surface area contributed by atoms with E-state index in [0.29, 0.717) is 24.8 Å². The maximum atomic E-state index is 11.4. The molecule has 0 aromatic carbocycles. The molecule has 9 nitrogen and oxygen atoms in total. The third-order valence-corrected chi connectivity index (χ3v) is 6.59. The first-order chi connectivity index (χ1) is 14.0. The number of rotatable bonds is 4. The van der Waals surface area contributed by atoms with Gasteiger partial charge in [-0.15, -0.1) is 4.91 Å². The second kappa shape index (κ2) is 8.19. The summed E-state index contributed by atoms with van der Waals surface area (Å²) in [6.07, 6.45) is 6.49. The molecule has 1 N–H and O–H groups in total. The summed E-state index contributed by atoms with van der Waals surface area (Å²) in [4.78, 5) is 32.7. The Morgan fingerprint density at radius 2 is 2.07 bits per heavy atom. The number of thiol groups is 1. The Balaban J connectivity index is 1.34. The molecule has 1 spiro atoms. The summed E-state index contributed by atoms with van der Waals surface area (Å²) in [5.74, 6) is 0.822. The van der Waals surface area contributed by atoms with Gasteiger partial charge in [0.15, 0.2) is 0 Å². The fraction of sp³-hybridized carbons (Fsp3) is 0.579. The van der Waals surface area contributed by atoms with Gasteiger partial charge in [0.05, 0.1) is 11.9 Å². The minimum atomic E-state index is -0.632. The van der Waals surface area contributed by atoms with Crippen LogP contribution in [-0.2, 0) is 0 Å². The molecule has 4 rings (SSSR count). The summed E-state index contributed by atoms with van der Waals surface area (Å²) in [5, 5.41) is 10.7. The molecule has 3 aliphatic rings. The maximum Gasteiger partial charge on any atom is 0.381 e. The molecule has 0 radical (unpaired) electrons. The van der Waals surface area contributed by atoms with Crippen molar-refractivity contribution in [1.82, 2.24) is 14.8 Å². The van der Waals surface area contributed by atoms with E-state index in [-0.39, 0.29) is 5.41 Å². The number of hydrogen-bond acceptors (Lipinski definition) is 8. The summed E-state index contributed by atoms with van der Waals surface area (Å²) in [6.45, 7) is 4.95. The Morgan fingerprint density at radius 1 is 1.31 bits per heavy atom. The van der Waals surface area contributed by atoms with Gasteiger partial charge in [-0.05, 0) is 44.2 Å². The molecule has 0 bridgehead atoms. The number of likely N-dealkylation sites (tertiary alicyclic amines) is 1. The fourth-order valence-electron chi connectivity index (χ4n) is 5.02. The summed E-state index contributed by atoms with van der Waals surface area (Å²) in [6, 6.07) is 3.62. The highest BCUT2D eigenvalue weighted by molar-refractivity contribution is 7.79. The Morgan fingerprint density at radius 3 is 2.76 bits per heavy atom. The van der Waals surface area contributed by atoms with E-state index in [4.69, 9.17) is 5.41 Å². The summed E-state index contributed by atoms with van der Waals surface area (Å²) in [7, 11) is 0. The van der Waals surface area contributed by atoms with Crippen LogP contribution in [0.3, 0.4) is 0 Å². The minimum absolute atomic E-state index is 0.178. The van der Waals surface area contributed by atoms with E-state index >= 15 is 0 Å². The van der Waals surface area contributed by atoms with Gasteiger partial charge in [0.2, 0.25) is 0 Å². The molecule has 1 aromatic rings. The molecular formula is C19H25N7O2S. The zero-order valence-corrected chi connectivity index (χ0v) is 17.1. The zero-order valence-electron chi connectivity index (χ0n) is 16.2. The molecule has 2 aliphatic heterocycles. The van der Waals surface area contributed by atoms with Gasteiger partial charge in [0.1, 0.15) is 5.82 Å². The number of aromatic nitrogens is 1. The van der Waals surface area contributed by atoms with Crippen molar-refractivity contribution in [2.75, 3.05) is 44.2 Å². The van der Waals surface area contributed by atoms with Crippen molar-refractivity contribution < 1.29 is 4.79 Å². The Kier molecular flexibility index (Phi) is 5.64. The van der Waals surface area contributed by atoms with Crippen LogP contribution in [0.2, 0.25) is 0 Å². The highest BCUT2D eigenvalue weighted by Gasteiger charge is 2.51. The average molecular weight is 416 g/mol. The van der Waals surface area contributed by atoms with Gasteiger partial charge in [0, 0.05) is 67.7 Å². The monoisotopic (exact) mass is 415 g/mol. The lowest BCUT2D eigenvalue weighted by molar-refractivity contribution is 0.0325. The van der Waals surface area contributed by atoms with Crippen LogP contribution in [0, 0.1) is 15.7 Å². The van der Waals surface area contributed by atoms with Crippen LogP contribution in [0.4, 0.5) is 10.6 Å². The second-order valence-electron chi connectivity index (χ2n) is 8.18. The van der Waals surface area contributed by atoms with E-state index in [1.54, 1.807) is 11.1 Å². The number of hydrogen-bond donors (Lipinski definition) is 2. The zero-order chi connectivity index (χ0) is 20.4. The van der Waals surface area contributed by atoms with E-state index in [1.165, 1.54) is 6.21 Å². The van der Waals surface area contributed by atoms with Crippen molar-refractivity contribution in [3.8, 4) is 0 Å². The smallest absolute Gasteiger partial charge is 0.353 e. The predicted molar refractivity (Wildman–Crippen MR) is 115 cm³/mol. The Bertz CT molecular complexity index is 832. The Labute approximate surface area is 175 Å². The van der Waals surface area contributed by atoms with Crippen LogP contribution < -0.4 is 4.90 Å². The summed E-state index contributed by atoms with van der Waals surface area (Å²) in [5.41, 5.74) is 1.25. The third-order valence-electron chi connectivity index (χ3n) is 6.47. The molecule has 154 valence electrons. The highest BCUT2D eigenvalue weighted by Crippen LogP contribution is 2.47. The molecule has 1 aromatic heterocycles. The maximum absolute atomic E-state index is 11.4. The van der Waals surface area contributed by atoms with E-state index in [0.717, 1.165) is 56.8 Å². The Hall–Kier alpha value is -2.33. The van der Waals surface area contributed by atoms with Crippen molar-refractivity contribution in [3.63, 3.8) is 0 Å². The molecule has 2 saturated heterocycles. The molecule has 1 atom stereocenters. The van der Waals surface area contributed by atoms with E-state index in [2.05, 4.69) is 37.2 Å². The van der Waals surface area contributed by atoms with Gasteiger partial charge >= 0.3 is 6.03 Å². The number of pyridine rings is 1. The number of nitroso groups, excluding NO2 is 1. The number of carbonyl (C=O) groups is 1. The first-order valence-electron chi connectivity index (χ1n) is 9.88. The van der Waals surface area contributed by atoms with Gasteiger partial charge in [0.25, 0.3) is 0 Å². The van der Waals surface area contributed by atoms with Crippen molar-refractivity contribution in [2.24, 2.45) is 15.0 Å². The quantitative estimate of drug-likeness (QED) is 0.446. The third kappa shape index (κ3) is 3.91. The van der Waals surface area contributed by atoms with Crippen molar-refractivity contribution in [2.45, 2.75) is 25.3 Å². The van der Waals surface area contributed by atoms with E-state index < -0.39 is 6.03 Å². The van der Waals surface area contributed by atoms with Crippen LogP contribution in [0.5, 0.6) is 0 Å². The molecule has 1 saturated carbocycles. The van der Waals surface area contributed by atoms with Crippen molar-refractivity contribution >= 4 is 36.6 Å². The number of nitrogens with one attached hydrogen (secondary N) is 1. The molecular weight excluding hydrogens is 390 g/mol. The van der Waals surface area contributed by atoms with Crippen LogP contribution in [0.25, 0.3) is 0 Å². The molecule has 29 heavy (non-hydrogen) atoms. The summed E-state index contributed by atoms with van der Waals surface area (Å²) < 4.78 is 3.65. The standard InChI is InChI=1S/C19H25N7O2S/c20-16(11-22-29)15-2-1-5-21-17(15)25-8-6-24(7-9-25)14-3-4-19(10-14)12-26(13-19)18(27)23-28/h1-2,5,11,14,20,29H,3-4,6-10,12-13H2/b20-16?,22-11-. The normalized spacial score (nSPS) is 24.1. The van der Waals surface area contributed by atoms with Gasteiger partial charge in [-0.1, -0.05) is 0 Å². The van der Waals surface area contributed by atoms with Gasteiger partial charge in [-0.3, -0.25) is 10.3 Å². The van der Waals surface area contributed by atoms with E-state index in [1.807, 2.05) is 12.1 Å². The molecule has 1 aliphatic carbocycles. The molecule has 3 heterocycles. The highest BCUT2D eigenvalue weighted by atomic mass is 32.1. The number of piperazine rings is 1. The first kappa shape index (κ1) is 20.0. The first-order valence-corrected chi connectivity index (χ1v) is 10.3. The SMILES string of the molecule is N=C(/C=N\S)c1cccnc1N1CCN(C2CCC3(C2)CN(C(=O)N=O)C3)CC1. The number of amides is 2. The number of anilines is 1. The second-order valence-corrected chi connectivity index (χ2v) is 8.41. The van der Waals surface area contributed by atoms with Gasteiger partial charge in [-0.2, -0.15) is 0 Å². The van der Waals surface area contributed by atoms with E-state index in [9.17, 15) is 9.70 Å². The number of nitrogens with zero attached hydrogens (tertiary/aromatic N) is 6. The lowest BCUT2D eigenvalue weighted by Crippen LogP contribution is -2.57. The molecule has 1 unspecified atom stereocenters. The van der Waals surface area contributed by atoms with Crippen LogP contribution in [0.1, 0.15) is 24.8 Å². The minimum Gasteiger partial charge on any atom is -0.353 e. The fourth-order valence-corrected chi connectivity index (χ4v) is 5.13. The summed E-state index contributed by atoms with van der Waals surface area (Å²) >= 11 is 3.83. The molecule has 3 fully saturated rings. The largest absolute Gasteiger partial charge is 0.381 e. The van der Waals surface area contributed by atoms with Gasteiger partial charge in [-0.25, -0.2) is 14.2 Å². The number of carbonyl (C=O) groups excluding carboxylic acids is 1. The van der Waals surface area contributed by atoms with Gasteiger partial charge < -0.3 is 9.80 Å². The predicted octanol–water partition coefficient (Wildman–Crippen LogP) is 2.23. The topological polar surface area (TPSA) is 105 Å². The molecule has 2 amide bonds. The van der Waals surface area contributed by atoms with Crippen LogP contribution in [-0.4, -0.2) is 78.1 Å². The molecule has 10 heteroatoms. The lowest BCUT2D eigenvalue weighted by atomic mass is 9.78. The van der Waals surface area contributed by atoms with Crippen molar-refractivity contribution in [1.29, 1.82) is 5.41 Å².